The standard InChI is InChI=1S/C18H16F3N3S/c1-3-25-16-9-7-15(8-10-16)24-12(2)17(22-23-24)13-5-4-6-14(11-13)18(19,20)21/h4-11H,3H2,1-2H3. The number of hydrogen-bond acceptors (Lipinski definition) is 3. The van der Waals surface area contributed by atoms with Gasteiger partial charge in [0.2, 0.25) is 0 Å². The molecule has 3 nitrogen and oxygen atoms in total. The minimum Gasteiger partial charge on any atom is -0.217 e. The molecule has 130 valence electrons. The summed E-state index contributed by atoms with van der Waals surface area (Å²) in [6.07, 6.45) is -4.38. The highest BCUT2D eigenvalue weighted by molar-refractivity contribution is 7.99. The largest absolute Gasteiger partial charge is 0.416 e. The Balaban J connectivity index is 1.96. The van der Waals surface area contributed by atoms with E-state index in [0.29, 0.717) is 17.0 Å². The van der Waals surface area contributed by atoms with Crippen molar-refractivity contribution in [1.82, 2.24) is 15.0 Å². The van der Waals surface area contributed by atoms with Gasteiger partial charge in [-0.25, -0.2) is 4.68 Å². The first kappa shape index (κ1) is 17.5. The molecule has 0 aliphatic rings. The maximum Gasteiger partial charge on any atom is 0.416 e. The molecule has 7 heteroatoms. The molecule has 0 saturated heterocycles. The summed E-state index contributed by atoms with van der Waals surface area (Å²) in [6, 6.07) is 13.0. The summed E-state index contributed by atoms with van der Waals surface area (Å²) in [7, 11) is 0. The molecule has 0 N–H and O–H groups in total. The van der Waals surface area contributed by atoms with Crippen molar-refractivity contribution >= 4 is 11.8 Å². The van der Waals surface area contributed by atoms with E-state index in [1.807, 2.05) is 24.3 Å². The van der Waals surface area contributed by atoms with Crippen LogP contribution in [-0.2, 0) is 6.18 Å². The molecule has 0 fully saturated rings. The molecule has 2 aromatic carbocycles. The Bertz CT molecular complexity index is 870. The molecule has 0 aliphatic heterocycles. The summed E-state index contributed by atoms with van der Waals surface area (Å²) in [6.45, 7) is 3.88. The molecule has 0 atom stereocenters. The van der Waals surface area contributed by atoms with Crippen molar-refractivity contribution in [2.24, 2.45) is 0 Å². The van der Waals surface area contributed by atoms with Gasteiger partial charge in [-0.1, -0.05) is 24.3 Å². The van der Waals surface area contributed by atoms with E-state index in [1.54, 1.807) is 29.4 Å². The number of rotatable bonds is 4. The molecule has 0 unspecified atom stereocenters. The van der Waals surface area contributed by atoms with Crippen molar-refractivity contribution in [3.05, 3.63) is 59.8 Å². The zero-order valence-corrected chi connectivity index (χ0v) is 14.5. The van der Waals surface area contributed by atoms with E-state index in [9.17, 15) is 13.2 Å². The Morgan fingerprint density at radius 2 is 1.80 bits per heavy atom. The van der Waals surface area contributed by atoms with Crippen LogP contribution in [0.5, 0.6) is 0 Å². The quantitative estimate of drug-likeness (QED) is 0.584. The fourth-order valence-electron chi connectivity index (χ4n) is 2.53. The maximum atomic E-state index is 12.9. The topological polar surface area (TPSA) is 30.7 Å². The van der Waals surface area contributed by atoms with Gasteiger partial charge in [0.1, 0.15) is 5.69 Å². The van der Waals surface area contributed by atoms with Crippen LogP contribution in [0.1, 0.15) is 18.2 Å². The number of benzene rings is 2. The Morgan fingerprint density at radius 3 is 2.44 bits per heavy atom. The average Bonchev–Trinajstić information content (AvgIpc) is 2.97. The molecule has 1 aromatic heterocycles. The molecule has 0 bridgehead atoms. The van der Waals surface area contributed by atoms with Gasteiger partial charge in [-0.15, -0.1) is 16.9 Å². The molecule has 0 radical (unpaired) electrons. The number of hydrogen-bond donors (Lipinski definition) is 0. The molecule has 0 spiro atoms. The lowest BCUT2D eigenvalue weighted by molar-refractivity contribution is -0.137. The molecule has 3 aromatic rings. The van der Waals surface area contributed by atoms with Crippen molar-refractivity contribution in [3.63, 3.8) is 0 Å². The first-order valence-corrected chi connectivity index (χ1v) is 8.72. The van der Waals surface area contributed by atoms with Crippen molar-refractivity contribution in [2.75, 3.05) is 5.75 Å². The Kier molecular flexibility index (Phi) is 4.85. The van der Waals surface area contributed by atoms with Crippen LogP contribution < -0.4 is 0 Å². The van der Waals surface area contributed by atoms with Crippen LogP contribution >= 0.6 is 11.8 Å². The van der Waals surface area contributed by atoms with E-state index in [0.717, 1.165) is 28.5 Å². The minimum absolute atomic E-state index is 0.400. The molecular formula is C18H16F3N3S. The molecular weight excluding hydrogens is 347 g/mol. The van der Waals surface area contributed by atoms with Gasteiger partial charge in [-0.3, -0.25) is 0 Å². The number of aromatic nitrogens is 3. The SMILES string of the molecule is CCSc1ccc(-n2nnc(-c3cccc(C(F)(F)F)c3)c2C)cc1. The second kappa shape index (κ2) is 6.92. The highest BCUT2D eigenvalue weighted by Crippen LogP contribution is 2.32. The van der Waals surface area contributed by atoms with Gasteiger partial charge in [0.25, 0.3) is 0 Å². The molecule has 3 rings (SSSR count). The van der Waals surface area contributed by atoms with Crippen molar-refractivity contribution < 1.29 is 13.2 Å². The zero-order valence-electron chi connectivity index (χ0n) is 13.7. The van der Waals surface area contributed by atoms with E-state index < -0.39 is 11.7 Å². The Labute approximate surface area is 147 Å². The van der Waals surface area contributed by atoms with Crippen LogP contribution in [0.25, 0.3) is 16.9 Å². The van der Waals surface area contributed by atoms with Crippen LogP contribution in [0.2, 0.25) is 0 Å². The number of halogens is 3. The first-order valence-electron chi connectivity index (χ1n) is 7.73. The highest BCUT2D eigenvalue weighted by Gasteiger charge is 2.30. The van der Waals surface area contributed by atoms with Gasteiger partial charge < -0.3 is 0 Å². The zero-order chi connectivity index (χ0) is 18.0. The smallest absolute Gasteiger partial charge is 0.217 e. The lowest BCUT2D eigenvalue weighted by atomic mass is 10.1. The molecule has 0 aliphatic carbocycles. The predicted octanol–water partition coefficient (Wildman–Crippen LogP) is 5.37. The molecule has 1 heterocycles. The number of nitrogens with zero attached hydrogens (tertiary/aromatic N) is 3. The second-order valence-electron chi connectivity index (χ2n) is 5.44. The second-order valence-corrected chi connectivity index (χ2v) is 6.78. The highest BCUT2D eigenvalue weighted by atomic mass is 32.2. The Morgan fingerprint density at radius 1 is 1.08 bits per heavy atom. The summed E-state index contributed by atoms with van der Waals surface area (Å²) >= 11 is 1.74. The summed E-state index contributed by atoms with van der Waals surface area (Å²) < 4.78 is 40.4. The third kappa shape index (κ3) is 3.71. The normalized spacial score (nSPS) is 11.7. The van der Waals surface area contributed by atoms with Crippen molar-refractivity contribution in [3.8, 4) is 16.9 Å². The molecule has 0 saturated carbocycles. The molecule has 25 heavy (non-hydrogen) atoms. The van der Waals surface area contributed by atoms with Gasteiger partial charge in [0, 0.05) is 10.5 Å². The lowest BCUT2D eigenvalue weighted by Gasteiger charge is -2.08. The van der Waals surface area contributed by atoms with Crippen molar-refractivity contribution in [2.45, 2.75) is 24.9 Å². The third-order valence-electron chi connectivity index (χ3n) is 3.75. The summed E-state index contributed by atoms with van der Waals surface area (Å²) in [4.78, 5) is 1.15. The monoisotopic (exact) mass is 363 g/mol. The van der Waals surface area contributed by atoms with Gasteiger partial charge in [-0.05, 0) is 49.1 Å². The fourth-order valence-corrected chi connectivity index (χ4v) is 3.20. The van der Waals surface area contributed by atoms with Gasteiger partial charge >= 0.3 is 6.18 Å². The van der Waals surface area contributed by atoms with Crippen LogP contribution in [0.3, 0.4) is 0 Å². The van der Waals surface area contributed by atoms with E-state index in [2.05, 4.69) is 17.2 Å². The number of thioether (sulfide) groups is 1. The fraction of sp³-hybridized carbons (Fsp3) is 0.222. The van der Waals surface area contributed by atoms with E-state index in [4.69, 9.17) is 0 Å². The number of alkyl halides is 3. The first-order chi connectivity index (χ1) is 11.9. The summed E-state index contributed by atoms with van der Waals surface area (Å²) in [5, 5.41) is 8.19. The lowest BCUT2D eigenvalue weighted by Crippen LogP contribution is -2.04. The van der Waals surface area contributed by atoms with E-state index >= 15 is 0 Å². The maximum absolute atomic E-state index is 12.9. The molecule has 0 amide bonds. The van der Waals surface area contributed by atoms with Crippen LogP contribution in [0.4, 0.5) is 13.2 Å². The van der Waals surface area contributed by atoms with E-state index in [1.165, 1.54) is 6.07 Å². The van der Waals surface area contributed by atoms with E-state index in [-0.39, 0.29) is 0 Å². The summed E-state index contributed by atoms with van der Waals surface area (Å²) in [5.41, 5.74) is 1.66. The van der Waals surface area contributed by atoms with Crippen LogP contribution in [-0.4, -0.2) is 20.7 Å². The van der Waals surface area contributed by atoms with Gasteiger partial charge in [-0.2, -0.15) is 13.2 Å². The van der Waals surface area contributed by atoms with Gasteiger partial charge in [0.15, 0.2) is 0 Å². The van der Waals surface area contributed by atoms with Crippen LogP contribution in [0, 0.1) is 6.92 Å². The predicted molar refractivity (Wildman–Crippen MR) is 92.9 cm³/mol. The third-order valence-corrected chi connectivity index (χ3v) is 4.64. The minimum atomic E-state index is -4.38. The van der Waals surface area contributed by atoms with Gasteiger partial charge in [0.05, 0.1) is 16.9 Å². The van der Waals surface area contributed by atoms with Crippen LogP contribution in [0.15, 0.2) is 53.4 Å². The average molecular weight is 363 g/mol. The Hall–Kier alpha value is -2.28. The summed E-state index contributed by atoms with van der Waals surface area (Å²) in [5.74, 6) is 0.987. The van der Waals surface area contributed by atoms with Crippen molar-refractivity contribution in [1.29, 1.82) is 0 Å².